The van der Waals surface area contributed by atoms with Crippen LogP contribution < -0.4 is 15.1 Å². The first-order valence-electron chi connectivity index (χ1n) is 13.8. The lowest BCUT2D eigenvalue weighted by atomic mass is 9.83. The zero-order valence-corrected chi connectivity index (χ0v) is 24.7. The summed E-state index contributed by atoms with van der Waals surface area (Å²) in [5, 5.41) is 13.4. The van der Waals surface area contributed by atoms with Crippen molar-refractivity contribution in [3.05, 3.63) is 70.2 Å². The number of benzene rings is 2. The molecule has 0 radical (unpaired) electrons. The third kappa shape index (κ3) is 6.10. The van der Waals surface area contributed by atoms with Crippen LogP contribution >= 0.6 is 22.9 Å². The Morgan fingerprint density at radius 3 is 2.56 bits per heavy atom. The summed E-state index contributed by atoms with van der Waals surface area (Å²) in [7, 11) is 3.31. The molecule has 2 aliphatic heterocycles. The number of Topliss-reactive ketones (excluding diaryl/α,β-unsaturated/α-hetero) is 1. The molecule has 0 saturated carbocycles. The second-order valence-electron chi connectivity index (χ2n) is 10.7. The lowest BCUT2D eigenvalue weighted by molar-refractivity contribution is -0.130. The number of aliphatic hydroxyl groups excluding tert-OH is 1. The van der Waals surface area contributed by atoms with Gasteiger partial charge >= 0.3 is 0 Å². The molecule has 3 aromatic rings. The van der Waals surface area contributed by atoms with Gasteiger partial charge in [0.2, 0.25) is 5.91 Å². The maximum Gasteiger partial charge on any atom is 0.263 e. The number of fused-ring (bicyclic) bond motifs is 1. The highest BCUT2D eigenvalue weighted by atomic mass is 35.5. The fraction of sp³-hybridized carbons (Fsp3) is 0.400. The van der Waals surface area contributed by atoms with Gasteiger partial charge in [0.1, 0.15) is 10.9 Å². The topological polar surface area (TPSA) is 106 Å². The van der Waals surface area contributed by atoms with Crippen molar-refractivity contribution >= 4 is 57.0 Å². The smallest absolute Gasteiger partial charge is 0.263 e. The van der Waals surface area contributed by atoms with E-state index in [1.807, 2.05) is 35.2 Å². The van der Waals surface area contributed by atoms with Gasteiger partial charge in [-0.05, 0) is 55.5 Å². The highest BCUT2D eigenvalue weighted by molar-refractivity contribution is 7.17. The molecule has 5 rings (SSSR count). The van der Waals surface area contributed by atoms with E-state index in [0.717, 1.165) is 43.2 Å². The molecule has 1 saturated heterocycles. The van der Waals surface area contributed by atoms with Crippen molar-refractivity contribution in [2.45, 2.75) is 25.3 Å². The van der Waals surface area contributed by atoms with Crippen molar-refractivity contribution < 1.29 is 19.5 Å². The van der Waals surface area contributed by atoms with Gasteiger partial charge in [-0.2, -0.15) is 0 Å². The Labute approximate surface area is 248 Å². The number of aliphatic hydroxyl groups is 1. The number of carbonyl (C=O) groups excluding carboxylic acids is 3. The molecule has 2 atom stereocenters. The van der Waals surface area contributed by atoms with E-state index in [1.54, 1.807) is 38.5 Å². The second-order valence-corrected chi connectivity index (χ2v) is 12.1. The normalized spacial score (nSPS) is 19.2. The number of ketones is 1. The number of thiazole rings is 1. The molecule has 0 spiro atoms. The number of amides is 2. The molecule has 2 amide bonds. The molecule has 2 aliphatic rings. The van der Waals surface area contributed by atoms with Crippen molar-refractivity contribution in [3.8, 4) is 0 Å². The van der Waals surface area contributed by atoms with Gasteiger partial charge in [0.05, 0.1) is 17.8 Å². The highest BCUT2D eigenvalue weighted by Crippen LogP contribution is 2.41. The van der Waals surface area contributed by atoms with E-state index in [1.165, 1.54) is 16.2 Å². The van der Waals surface area contributed by atoms with Crippen LogP contribution in [0.25, 0.3) is 0 Å². The number of para-hydroxylation sites is 1. The van der Waals surface area contributed by atoms with Gasteiger partial charge in [-0.1, -0.05) is 41.1 Å². The van der Waals surface area contributed by atoms with E-state index in [2.05, 4.69) is 15.2 Å². The van der Waals surface area contributed by atoms with Crippen LogP contribution in [0.15, 0.2) is 54.7 Å². The van der Waals surface area contributed by atoms with Crippen LogP contribution in [0.5, 0.6) is 0 Å². The first-order chi connectivity index (χ1) is 19.8. The van der Waals surface area contributed by atoms with Gasteiger partial charge in [0.15, 0.2) is 10.9 Å². The first kappa shape index (κ1) is 29.0. The number of anilines is 3. The molecule has 1 aromatic heterocycles. The predicted molar refractivity (Wildman–Crippen MR) is 161 cm³/mol. The van der Waals surface area contributed by atoms with Crippen molar-refractivity contribution in [1.82, 2.24) is 15.2 Å². The number of carbonyl (C=O) groups is 3. The van der Waals surface area contributed by atoms with E-state index in [4.69, 9.17) is 11.6 Å². The van der Waals surface area contributed by atoms with Crippen molar-refractivity contribution in [2.24, 2.45) is 11.8 Å². The molecule has 2 unspecified atom stereocenters. The quantitative estimate of drug-likeness (QED) is 0.401. The number of hydrogen-bond donors (Lipinski definition) is 2. The van der Waals surface area contributed by atoms with Crippen LogP contribution in [0, 0.1) is 11.8 Å². The van der Waals surface area contributed by atoms with Gasteiger partial charge in [0, 0.05) is 56.6 Å². The number of aromatic nitrogens is 1. The van der Waals surface area contributed by atoms with Crippen molar-refractivity contribution in [3.63, 3.8) is 0 Å². The van der Waals surface area contributed by atoms with Crippen LogP contribution in [0.2, 0.25) is 5.02 Å². The Kier molecular flexibility index (Phi) is 8.91. The number of likely N-dealkylation sites (N-methyl/N-ethyl adjacent to an activating group) is 1. The summed E-state index contributed by atoms with van der Waals surface area (Å²) in [6.07, 6.45) is 4.35. The SMILES string of the molecule is CN(C)C(=O)C1C(CNC(=O)c2cnc(N3CCC(CCO)CC3)s2)C(=O)c2ccc(Cl)cc2N1c1ccccc1. The van der Waals surface area contributed by atoms with Gasteiger partial charge in [-0.3, -0.25) is 14.4 Å². The average Bonchev–Trinajstić information content (AvgIpc) is 3.47. The molecule has 41 heavy (non-hydrogen) atoms. The molecule has 0 aliphatic carbocycles. The fourth-order valence-corrected chi connectivity index (χ4v) is 6.68. The number of nitrogens with one attached hydrogen (secondary N) is 1. The van der Waals surface area contributed by atoms with Crippen LogP contribution in [0.3, 0.4) is 0 Å². The van der Waals surface area contributed by atoms with E-state index in [-0.39, 0.29) is 30.7 Å². The molecule has 11 heteroatoms. The Hall–Kier alpha value is -3.47. The lowest BCUT2D eigenvalue weighted by Gasteiger charge is -2.42. The number of piperidine rings is 1. The summed E-state index contributed by atoms with van der Waals surface area (Å²) < 4.78 is 0. The van der Waals surface area contributed by atoms with E-state index < -0.39 is 12.0 Å². The molecular formula is C30H34ClN5O4S. The Bertz CT molecular complexity index is 1410. The fourth-order valence-electron chi connectivity index (χ4n) is 5.63. The van der Waals surface area contributed by atoms with Crippen molar-refractivity contribution in [2.75, 3.05) is 50.1 Å². The van der Waals surface area contributed by atoms with Crippen LogP contribution in [-0.2, 0) is 4.79 Å². The third-order valence-electron chi connectivity index (χ3n) is 7.83. The van der Waals surface area contributed by atoms with Gasteiger partial charge < -0.3 is 25.1 Å². The summed E-state index contributed by atoms with van der Waals surface area (Å²) in [6, 6.07) is 13.6. The molecule has 2 aromatic carbocycles. The maximum absolute atomic E-state index is 13.9. The van der Waals surface area contributed by atoms with E-state index in [9.17, 15) is 19.5 Å². The second kappa shape index (κ2) is 12.6. The molecule has 2 N–H and O–H groups in total. The van der Waals surface area contributed by atoms with Crippen LogP contribution in [0.1, 0.15) is 39.3 Å². The van der Waals surface area contributed by atoms with E-state index >= 15 is 0 Å². The number of rotatable bonds is 8. The zero-order valence-electron chi connectivity index (χ0n) is 23.1. The summed E-state index contributed by atoms with van der Waals surface area (Å²) in [5.41, 5.74) is 1.76. The zero-order chi connectivity index (χ0) is 29.1. The molecule has 9 nitrogen and oxygen atoms in total. The Morgan fingerprint density at radius 1 is 1.15 bits per heavy atom. The van der Waals surface area contributed by atoms with Crippen molar-refractivity contribution in [1.29, 1.82) is 0 Å². The van der Waals surface area contributed by atoms with Gasteiger partial charge in [-0.15, -0.1) is 0 Å². The standard InChI is InChI=1S/C30H34ClN5O4S/c1-34(2)29(40)26-23(27(38)22-9-8-20(31)16-24(22)36(26)21-6-4-3-5-7-21)17-32-28(39)25-18-33-30(41-25)35-13-10-19(11-14-35)12-15-37/h3-9,16,18-19,23,26,37H,10-15,17H2,1-2H3,(H,32,39). The minimum absolute atomic E-state index is 0.0207. The molecular weight excluding hydrogens is 562 g/mol. The van der Waals surface area contributed by atoms with Crippen LogP contribution in [0.4, 0.5) is 16.5 Å². The summed E-state index contributed by atoms with van der Waals surface area (Å²) in [5.74, 6) is -1.13. The minimum Gasteiger partial charge on any atom is -0.396 e. The predicted octanol–water partition coefficient (Wildman–Crippen LogP) is 4.23. The van der Waals surface area contributed by atoms with Gasteiger partial charge in [0.25, 0.3) is 5.91 Å². The maximum atomic E-state index is 13.9. The number of nitrogens with zero attached hydrogens (tertiary/aromatic N) is 4. The monoisotopic (exact) mass is 595 g/mol. The summed E-state index contributed by atoms with van der Waals surface area (Å²) >= 11 is 7.66. The largest absolute Gasteiger partial charge is 0.396 e. The minimum atomic E-state index is -0.886. The molecule has 3 heterocycles. The average molecular weight is 596 g/mol. The molecule has 1 fully saturated rings. The summed E-state index contributed by atoms with van der Waals surface area (Å²) in [4.78, 5) is 51.2. The molecule has 216 valence electrons. The molecule has 0 bridgehead atoms. The highest BCUT2D eigenvalue weighted by Gasteiger charge is 2.45. The van der Waals surface area contributed by atoms with Gasteiger partial charge in [-0.25, -0.2) is 4.98 Å². The third-order valence-corrected chi connectivity index (χ3v) is 9.12. The number of halogens is 1. The first-order valence-corrected chi connectivity index (χ1v) is 15.0. The lowest BCUT2D eigenvalue weighted by Crippen LogP contribution is -2.57. The van der Waals surface area contributed by atoms with E-state index in [0.29, 0.717) is 27.1 Å². The number of hydrogen-bond acceptors (Lipinski definition) is 8. The Morgan fingerprint density at radius 2 is 1.88 bits per heavy atom. The van der Waals surface area contributed by atoms with Crippen LogP contribution in [-0.4, -0.2) is 79.0 Å². The summed E-state index contributed by atoms with van der Waals surface area (Å²) in [6.45, 7) is 1.86. The Balaban J connectivity index is 1.38.